The summed E-state index contributed by atoms with van der Waals surface area (Å²) in [7, 11) is 0. The zero-order valence-corrected chi connectivity index (χ0v) is 19.9. The van der Waals surface area contributed by atoms with Crippen molar-refractivity contribution in [3.8, 4) is 0 Å². The maximum Gasteiger partial charge on any atom is 0.317 e. The number of nitrogens with two attached hydrogens (primary N) is 1. The molecule has 1 saturated carbocycles. The second-order valence-corrected chi connectivity index (χ2v) is 10.6. The van der Waals surface area contributed by atoms with E-state index < -0.39 is 11.5 Å². The fraction of sp³-hybridized carbons (Fsp3) is 0.536. The Bertz CT molecular complexity index is 994. The van der Waals surface area contributed by atoms with Crippen LogP contribution in [0.25, 0.3) is 0 Å². The van der Waals surface area contributed by atoms with Gasteiger partial charge in [0.15, 0.2) is 12.1 Å². The summed E-state index contributed by atoms with van der Waals surface area (Å²) in [4.78, 5) is 30.9. The number of hydrogen-bond donors (Lipinski definition) is 1. The Morgan fingerprint density at radius 1 is 1.00 bits per heavy atom. The summed E-state index contributed by atoms with van der Waals surface area (Å²) in [5.41, 5.74) is 7.33. The molecule has 1 aliphatic carbocycles. The molecule has 3 saturated heterocycles. The van der Waals surface area contributed by atoms with E-state index in [1.165, 1.54) is 12.8 Å². The molecule has 4 aliphatic rings. The van der Waals surface area contributed by atoms with E-state index in [1.807, 2.05) is 30.3 Å². The minimum absolute atomic E-state index is 0.0745. The monoisotopic (exact) mass is 462 g/mol. The van der Waals surface area contributed by atoms with E-state index in [4.69, 9.17) is 10.5 Å². The molecule has 1 aromatic carbocycles. The number of nitrogens with zero attached hydrogens (tertiary/aromatic N) is 2. The number of ether oxygens (including phenoxy) is 1. The lowest BCUT2D eigenvalue weighted by Gasteiger charge is -2.54. The number of rotatable bonds is 6. The van der Waals surface area contributed by atoms with E-state index in [0.29, 0.717) is 16.9 Å². The van der Waals surface area contributed by atoms with Crippen LogP contribution >= 0.6 is 0 Å². The van der Waals surface area contributed by atoms with E-state index in [-0.39, 0.29) is 18.0 Å². The topological polar surface area (TPSA) is 82.3 Å². The number of hydrogen-bond acceptors (Lipinski definition) is 4. The van der Waals surface area contributed by atoms with E-state index in [9.17, 15) is 9.59 Å². The number of carbonyl (C=O) groups is 2. The number of aromatic nitrogens is 1. The van der Waals surface area contributed by atoms with Crippen molar-refractivity contribution in [3.05, 3.63) is 66.0 Å². The van der Waals surface area contributed by atoms with Gasteiger partial charge in [-0.15, -0.1) is 0 Å². The van der Waals surface area contributed by atoms with Crippen LogP contribution in [0, 0.1) is 5.92 Å². The fourth-order valence-electron chi connectivity index (χ4n) is 6.90. The van der Waals surface area contributed by atoms with Gasteiger partial charge in [-0.2, -0.15) is 0 Å². The van der Waals surface area contributed by atoms with Gasteiger partial charge in [-0.3, -0.25) is 14.6 Å². The third-order valence-electron chi connectivity index (χ3n) is 8.71. The maximum atomic E-state index is 14.0. The van der Waals surface area contributed by atoms with Crippen LogP contribution in [0.15, 0.2) is 54.9 Å². The summed E-state index contributed by atoms with van der Waals surface area (Å²) in [6.45, 7) is 2.40. The van der Waals surface area contributed by atoms with Crippen LogP contribution in [0.4, 0.5) is 0 Å². The average Bonchev–Trinajstić information content (AvgIpc) is 3.13. The Balaban J connectivity index is 1.42. The van der Waals surface area contributed by atoms with Gasteiger partial charge in [0, 0.05) is 36.7 Å². The van der Waals surface area contributed by atoms with Crippen molar-refractivity contribution < 1.29 is 18.8 Å². The molecule has 2 aromatic rings. The Hall–Kier alpha value is -2.73. The van der Waals surface area contributed by atoms with Gasteiger partial charge in [0.05, 0.1) is 18.5 Å². The number of benzene rings is 1. The van der Waals surface area contributed by atoms with Gasteiger partial charge in [-0.25, -0.2) is 0 Å². The van der Waals surface area contributed by atoms with Crippen molar-refractivity contribution in [2.75, 3.05) is 19.6 Å². The summed E-state index contributed by atoms with van der Waals surface area (Å²) < 4.78 is 7.01. The minimum atomic E-state index is -0.568. The summed E-state index contributed by atoms with van der Waals surface area (Å²) >= 11 is 0. The van der Waals surface area contributed by atoms with Gasteiger partial charge in [0.1, 0.15) is 6.54 Å². The number of quaternary nitrogens is 1. The van der Waals surface area contributed by atoms with Gasteiger partial charge < -0.3 is 15.0 Å². The van der Waals surface area contributed by atoms with Gasteiger partial charge in [-0.05, 0) is 30.5 Å². The van der Waals surface area contributed by atoms with Crippen LogP contribution in [-0.2, 0) is 19.7 Å². The van der Waals surface area contributed by atoms with E-state index in [1.54, 1.807) is 12.4 Å². The predicted molar refractivity (Wildman–Crippen MR) is 129 cm³/mol. The van der Waals surface area contributed by atoms with Gasteiger partial charge >= 0.3 is 5.97 Å². The van der Waals surface area contributed by atoms with Crippen LogP contribution in [0.3, 0.4) is 0 Å². The van der Waals surface area contributed by atoms with Crippen LogP contribution in [-0.4, -0.2) is 47.1 Å². The highest BCUT2D eigenvalue weighted by atomic mass is 16.5. The molecule has 6 rings (SSSR count). The second kappa shape index (κ2) is 9.49. The average molecular weight is 463 g/mol. The number of piperidine rings is 3. The van der Waals surface area contributed by atoms with Crippen molar-refractivity contribution in [1.29, 1.82) is 0 Å². The Morgan fingerprint density at radius 2 is 1.71 bits per heavy atom. The zero-order valence-electron chi connectivity index (χ0n) is 19.9. The van der Waals surface area contributed by atoms with Crippen molar-refractivity contribution in [1.82, 2.24) is 4.98 Å². The third-order valence-corrected chi connectivity index (χ3v) is 8.71. The smallest absolute Gasteiger partial charge is 0.317 e. The van der Waals surface area contributed by atoms with Crippen molar-refractivity contribution in [2.24, 2.45) is 11.7 Å². The molecule has 6 nitrogen and oxygen atoms in total. The normalized spacial score (nSPS) is 29.1. The SMILES string of the molecule is NC(=O)C(c1cccnc1)[N+]12CCC(CC1)[C@@H](OC(=O)C1(c3ccccc3)CCCCCC1)C2. The Labute approximate surface area is 202 Å². The molecule has 3 aliphatic heterocycles. The summed E-state index contributed by atoms with van der Waals surface area (Å²) in [6, 6.07) is 13.6. The standard InChI is InChI=1S/C28H35N3O3/c29-26(32)25(22-9-8-16-30-19-22)31-17-12-21(13-18-31)24(20-31)34-27(33)28(14-6-1-2-7-15-28)23-10-4-3-5-11-23/h3-5,8-11,16,19,21,24-25H,1-2,6-7,12-15,17-18,20H2,(H-,29,32)/p+1/t21?,24-,25?,31?/m0/s1. The molecule has 6 heteroatoms. The number of carbonyl (C=O) groups excluding carboxylic acids is 2. The zero-order chi connectivity index (χ0) is 23.6. The predicted octanol–water partition coefficient (Wildman–Crippen LogP) is 4.05. The number of esters is 1. The molecule has 4 heterocycles. The quantitative estimate of drug-likeness (QED) is 0.399. The highest BCUT2D eigenvalue weighted by Gasteiger charge is 2.54. The second-order valence-electron chi connectivity index (χ2n) is 10.6. The summed E-state index contributed by atoms with van der Waals surface area (Å²) in [5, 5.41) is 0. The lowest BCUT2D eigenvalue weighted by molar-refractivity contribution is -0.965. The van der Waals surface area contributed by atoms with Gasteiger partial charge in [0.2, 0.25) is 0 Å². The summed E-state index contributed by atoms with van der Waals surface area (Å²) in [5.74, 6) is -0.0533. The number of pyridine rings is 1. The molecule has 34 heavy (non-hydrogen) atoms. The lowest BCUT2D eigenvalue weighted by atomic mass is 9.74. The first kappa shape index (κ1) is 23.0. The maximum absolute atomic E-state index is 14.0. The Morgan fingerprint density at radius 3 is 2.32 bits per heavy atom. The fourth-order valence-corrected chi connectivity index (χ4v) is 6.90. The van der Waals surface area contributed by atoms with Gasteiger partial charge in [-0.1, -0.05) is 56.0 Å². The molecule has 1 aromatic heterocycles. The van der Waals surface area contributed by atoms with E-state index in [2.05, 4.69) is 17.1 Å². The highest BCUT2D eigenvalue weighted by molar-refractivity contribution is 5.83. The molecule has 2 bridgehead atoms. The van der Waals surface area contributed by atoms with Crippen molar-refractivity contribution >= 4 is 11.9 Å². The van der Waals surface area contributed by atoms with Gasteiger partial charge in [0.25, 0.3) is 5.91 Å². The molecule has 1 amide bonds. The molecule has 2 N–H and O–H groups in total. The molecule has 180 valence electrons. The largest absolute Gasteiger partial charge is 0.455 e. The van der Waals surface area contributed by atoms with Crippen LogP contribution < -0.4 is 5.73 Å². The first-order valence-corrected chi connectivity index (χ1v) is 12.9. The molecule has 4 fully saturated rings. The number of fused-ring (bicyclic) bond motifs is 3. The minimum Gasteiger partial charge on any atom is -0.455 e. The molecule has 1 unspecified atom stereocenters. The molecular weight excluding hydrogens is 426 g/mol. The molecule has 2 atom stereocenters. The summed E-state index contributed by atoms with van der Waals surface area (Å²) in [6.07, 6.45) is 11.3. The molecular formula is C28H36N3O3+. The van der Waals surface area contributed by atoms with Crippen molar-refractivity contribution in [3.63, 3.8) is 0 Å². The number of amides is 1. The lowest BCUT2D eigenvalue weighted by Crippen LogP contribution is -2.67. The molecule has 0 spiro atoms. The third kappa shape index (κ3) is 4.13. The van der Waals surface area contributed by atoms with Crippen LogP contribution in [0.1, 0.15) is 68.5 Å². The van der Waals surface area contributed by atoms with E-state index >= 15 is 0 Å². The Kier molecular flexibility index (Phi) is 6.43. The van der Waals surface area contributed by atoms with Crippen LogP contribution in [0.2, 0.25) is 0 Å². The van der Waals surface area contributed by atoms with Crippen molar-refractivity contribution in [2.45, 2.75) is 68.9 Å². The number of primary amides is 1. The van der Waals surface area contributed by atoms with E-state index in [0.717, 1.165) is 62.7 Å². The first-order chi connectivity index (χ1) is 16.5. The highest BCUT2D eigenvalue weighted by Crippen LogP contribution is 2.45. The first-order valence-electron chi connectivity index (χ1n) is 12.9. The molecule has 0 radical (unpaired) electrons. The van der Waals surface area contributed by atoms with Crippen LogP contribution in [0.5, 0.6) is 0 Å².